The van der Waals surface area contributed by atoms with Gasteiger partial charge in [-0.1, -0.05) is 23.8 Å². The fourth-order valence-corrected chi connectivity index (χ4v) is 1.34. The third-order valence-electron chi connectivity index (χ3n) is 1.77. The van der Waals surface area contributed by atoms with Gasteiger partial charge in [0.1, 0.15) is 0 Å². The second-order valence-corrected chi connectivity index (χ2v) is 3.50. The van der Waals surface area contributed by atoms with Crippen molar-refractivity contribution in [2.24, 2.45) is 0 Å². The van der Waals surface area contributed by atoms with Crippen LogP contribution in [0, 0.1) is 6.92 Å². The predicted octanol–water partition coefficient (Wildman–Crippen LogP) is 3.48. The maximum atomic E-state index is 5.96. The molecule has 1 aromatic rings. The Morgan fingerprint density at radius 3 is 2.77 bits per heavy atom. The van der Waals surface area contributed by atoms with E-state index in [1.165, 1.54) is 0 Å². The quantitative estimate of drug-likeness (QED) is 0.594. The molecule has 0 amide bonds. The van der Waals surface area contributed by atoms with E-state index in [4.69, 9.17) is 28.9 Å². The van der Waals surface area contributed by atoms with Gasteiger partial charge in [-0.2, -0.15) is 0 Å². The zero-order valence-corrected chi connectivity index (χ0v) is 8.86. The maximum absolute atomic E-state index is 5.96. The number of nitrogen functional groups attached to an aromatic ring is 1. The molecule has 0 unspecified atom stereocenters. The van der Waals surface area contributed by atoms with Crippen LogP contribution in [0.3, 0.4) is 0 Å². The van der Waals surface area contributed by atoms with Crippen molar-refractivity contribution >= 4 is 35.0 Å². The lowest BCUT2D eigenvalue weighted by atomic mass is 10.1. The second kappa shape index (κ2) is 4.54. The highest BCUT2D eigenvalue weighted by molar-refractivity contribution is 6.32. The number of hydrogen-bond acceptors (Lipinski definition) is 1. The van der Waals surface area contributed by atoms with Crippen LogP contribution in [-0.2, 0) is 0 Å². The molecule has 0 aromatic heterocycles. The summed E-state index contributed by atoms with van der Waals surface area (Å²) in [6.07, 6.45) is 3.74. The molecule has 0 spiro atoms. The molecule has 0 saturated carbocycles. The summed E-state index contributed by atoms with van der Waals surface area (Å²) in [7, 11) is 0. The molecule has 0 aliphatic rings. The summed E-state index contributed by atoms with van der Waals surface area (Å²) in [5.74, 6) is 0.486. The van der Waals surface area contributed by atoms with Gasteiger partial charge in [-0.05, 0) is 30.2 Å². The van der Waals surface area contributed by atoms with Crippen LogP contribution in [-0.4, -0.2) is 5.88 Å². The number of hydrogen-bond donors (Lipinski definition) is 1. The van der Waals surface area contributed by atoms with E-state index in [-0.39, 0.29) is 0 Å². The van der Waals surface area contributed by atoms with E-state index in [9.17, 15) is 0 Å². The molecule has 1 rings (SSSR count). The normalized spacial score (nSPS) is 11.0. The number of aryl methyl sites for hydroxylation is 1. The Morgan fingerprint density at radius 2 is 2.15 bits per heavy atom. The largest absolute Gasteiger partial charge is 0.398 e. The highest BCUT2D eigenvalue weighted by atomic mass is 35.5. The van der Waals surface area contributed by atoms with Crippen molar-refractivity contribution in [1.82, 2.24) is 0 Å². The minimum Gasteiger partial charge on any atom is -0.398 e. The molecule has 0 radical (unpaired) electrons. The lowest BCUT2D eigenvalue weighted by molar-refractivity contribution is 1.46. The molecular weight excluding hydrogens is 205 g/mol. The number of anilines is 1. The van der Waals surface area contributed by atoms with Crippen LogP contribution in [0.25, 0.3) is 6.08 Å². The molecule has 0 aliphatic heterocycles. The summed E-state index contributed by atoms with van der Waals surface area (Å²) in [5.41, 5.74) is 8.38. The van der Waals surface area contributed by atoms with Crippen LogP contribution in [0.5, 0.6) is 0 Å². The van der Waals surface area contributed by atoms with Gasteiger partial charge in [0.2, 0.25) is 0 Å². The average Bonchev–Trinajstić information content (AvgIpc) is 2.09. The van der Waals surface area contributed by atoms with E-state index in [1.807, 2.05) is 25.1 Å². The number of halogens is 2. The minimum absolute atomic E-state index is 0.486. The third kappa shape index (κ3) is 2.64. The molecule has 2 N–H and O–H groups in total. The Bertz CT molecular complexity index is 332. The van der Waals surface area contributed by atoms with Crippen molar-refractivity contribution < 1.29 is 0 Å². The van der Waals surface area contributed by atoms with Gasteiger partial charge in [-0.3, -0.25) is 0 Å². The molecule has 0 aliphatic carbocycles. The van der Waals surface area contributed by atoms with Crippen molar-refractivity contribution in [1.29, 1.82) is 0 Å². The summed E-state index contributed by atoms with van der Waals surface area (Å²) in [6.45, 7) is 1.95. The van der Waals surface area contributed by atoms with Gasteiger partial charge in [0.15, 0.2) is 0 Å². The number of alkyl halides is 1. The molecule has 1 nitrogen and oxygen atoms in total. The van der Waals surface area contributed by atoms with E-state index in [1.54, 1.807) is 6.07 Å². The van der Waals surface area contributed by atoms with Crippen molar-refractivity contribution in [3.8, 4) is 0 Å². The topological polar surface area (TPSA) is 26.0 Å². The molecule has 0 fully saturated rings. The first-order valence-electron chi connectivity index (χ1n) is 3.93. The Labute approximate surface area is 88.1 Å². The Morgan fingerprint density at radius 1 is 1.46 bits per heavy atom. The van der Waals surface area contributed by atoms with Gasteiger partial charge in [-0.15, -0.1) is 11.6 Å². The molecular formula is C10H11Cl2N. The van der Waals surface area contributed by atoms with Crippen LogP contribution < -0.4 is 5.73 Å². The van der Waals surface area contributed by atoms with Crippen molar-refractivity contribution in [3.05, 3.63) is 34.4 Å². The lowest BCUT2D eigenvalue weighted by Gasteiger charge is -2.03. The van der Waals surface area contributed by atoms with Crippen molar-refractivity contribution in [3.63, 3.8) is 0 Å². The zero-order chi connectivity index (χ0) is 9.84. The van der Waals surface area contributed by atoms with Gasteiger partial charge >= 0.3 is 0 Å². The van der Waals surface area contributed by atoms with Gasteiger partial charge in [0, 0.05) is 16.6 Å². The van der Waals surface area contributed by atoms with Crippen molar-refractivity contribution in [2.75, 3.05) is 11.6 Å². The van der Waals surface area contributed by atoms with E-state index in [2.05, 4.69) is 0 Å². The van der Waals surface area contributed by atoms with Crippen LogP contribution >= 0.6 is 23.2 Å². The molecule has 3 heteroatoms. The summed E-state index contributed by atoms with van der Waals surface area (Å²) >= 11 is 11.5. The fourth-order valence-electron chi connectivity index (χ4n) is 1.02. The van der Waals surface area contributed by atoms with Gasteiger partial charge in [0.25, 0.3) is 0 Å². The monoisotopic (exact) mass is 215 g/mol. The van der Waals surface area contributed by atoms with Crippen LogP contribution in [0.15, 0.2) is 18.2 Å². The molecule has 0 atom stereocenters. The lowest BCUT2D eigenvalue weighted by Crippen LogP contribution is -1.90. The number of benzene rings is 1. The van der Waals surface area contributed by atoms with E-state index >= 15 is 0 Å². The van der Waals surface area contributed by atoms with Crippen molar-refractivity contribution in [2.45, 2.75) is 6.92 Å². The SMILES string of the molecule is Cc1cc(C=CCCl)c(Cl)cc1N. The van der Waals surface area contributed by atoms with Gasteiger partial charge < -0.3 is 5.73 Å². The fraction of sp³-hybridized carbons (Fsp3) is 0.200. The highest BCUT2D eigenvalue weighted by Gasteiger charge is 2.00. The molecule has 70 valence electrons. The zero-order valence-electron chi connectivity index (χ0n) is 7.35. The molecule has 1 aromatic carbocycles. The first kappa shape index (κ1) is 10.4. The minimum atomic E-state index is 0.486. The molecule has 13 heavy (non-hydrogen) atoms. The van der Waals surface area contributed by atoms with Gasteiger partial charge in [0.05, 0.1) is 0 Å². The maximum Gasteiger partial charge on any atom is 0.0498 e. The van der Waals surface area contributed by atoms with Gasteiger partial charge in [-0.25, -0.2) is 0 Å². The van der Waals surface area contributed by atoms with E-state index in [0.717, 1.165) is 11.1 Å². The van der Waals surface area contributed by atoms with Crippen LogP contribution in [0.1, 0.15) is 11.1 Å². The molecule has 0 bridgehead atoms. The summed E-state index contributed by atoms with van der Waals surface area (Å²) in [4.78, 5) is 0. The van der Waals surface area contributed by atoms with E-state index < -0.39 is 0 Å². The van der Waals surface area contributed by atoms with E-state index in [0.29, 0.717) is 16.6 Å². The Balaban J connectivity index is 3.08. The smallest absolute Gasteiger partial charge is 0.0498 e. The Kier molecular flexibility index (Phi) is 3.64. The Hall–Kier alpha value is -0.660. The predicted molar refractivity (Wildman–Crippen MR) is 60.4 cm³/mol. The standard InChI is InChI=1S/C10H11Cl2N/c1-7-5-8(3-2-4-11)9(12)6-10(7)13/h2-3,5-6H,4,13H2,1H3. The molecule has 0 heterocycles. The number of nitrogens with two attached hydrogens (primary N) is 1. The summed E-state index contributed by atoms with van der Waals surface area (Å²) in [6, 6.07) is 3.70. The van der Waals surface area contributed by atoms with Crippen LogP contribution in [0.2, 0.25) is 5.02 Å². The second-order valence-electron chi connectivity index (χ2n) is 2.79. The highest BCUT2D eigenvalue weighted by Crippen LogP contribution is 2.23. The third-order valence-corrected chi connectivity index (χ3v) is 2.28. The number of allylic oxidation sites excluding steroid dienone is 1. The van der Waals surface area contributed by atoms with Crippen LogP contribution in [0.4, 0.5) is 5.69 Å². The summed E-state index contributed by atoms with van der Waals surface area (Å²) < 4.78 is 0. The summed E-state index contributed by atoms with van der Waals surface area (Å²) in [5, 5.41) is 0.657. The molecule has 0 saturated heterocycles. The number of rotatable bonds is 2. The first-order chi connectivity index (χ1) is 6.15. The first-order valence-corrected chi connectivity index (χ1v) is 4.84. The average molecular weight is 216 g/mol.